The van der Waals surface area contributed by atoms with Gasteiger partial charge in [-0.1, -0.05) is 0 Å². The number of nitriles is 1. The average Bonchev–Trinajstić information content (AvgIpc) is 3.00. The Kier molecular flexibility index (Phi) is 3.07. The van der Waals surface area contributed by atoms with Crippen molar-refractivity contribution in [2.24, 2.45) is 0 Å². The van der Waals surface area contributed by atoms with Crippen molar-refractivity contribution in [3.05, 3.63) is 40.1 Å². The van der Waals surface area contributed by atoms with Gasteiger partial charge in [-0.05, 0) is 49.9 Å². The molecule has 0 saturated heterocycles. The first-order chi connectivity index (χ1) is 9.61. The zero-order valence-corrected chi connectivity index (χ0v) is 12.5. The predicted octanol–water partition coefficient (Wildman–Crippen LogP) is 4.53. The number of benzene rings is 1. The van der Waals surface area contributed by atoms with Crippen molar-refractivity contribution < 1.29 is 0 Å². The fourth-order valence-electron chi connectivity index (χ4n) is 2.47. The molecule has 0 radical (unpaired) electrons. The summed E-state index contributed by atoms with van der Waals surface area (Å²) in [5.41, 5.74) is 5.04. The Bertz CT molecular complexity index is 818. The molecule has 0 bridgehead atoms. The lowest BCUT2D eigenvalue weighted by Gasteiger charge is -2.12. The summed E-state index contributed by atoms with van der Waals surface area (Å²) in [6.07, 6.45) is 0. The highest BCUT2D eigenvalue weighted by Crippen LogP contribution is 2.32. The summed E-state index contributed by atoms with van der Waals surface area (Å²) in [6, 6.07) is 8.20. The normalized spacial score (nSPS) is 11.2. The smallest absolute Gasteiger partial charge is 0.142 e. The largest absolute Gasteiger partial charge is 0.321 e. The number of aryl methyl sites for hydroxylation is 1. The molecule has 0 unspecified atom stereocenters. The molecule has 20 heavy (non-hydrogen) atoms. The molecule has 3 nitrogen and oxygen atoms in total. The van der Waals surface area contributed by atoms with Gasteiger partial charge in [-0.25, -0.2) is 4.98 Å². The van der Waals surface area contributed by atoms with Crippen molar-refractivity contribution in [1.82, 2.24) is 9.55 Å². The molecule has 0 aliphatic carbocycles. The van der Waals surface area contributed by atoms with Gasteiger partial charge in [0.15, 0.2) is 0 Å². The van der Waals surface area contributed by atoms with Gasteiger partial charge in [0, 0.05) is 17.0 Å². The fraction of sp³-hybridized carbons (Fsp3) is 0.250. The van der Waals surface area contributed by atoms with Crippen molar-refractivity contribution >= 4 is 22.4 Å². The number of hydrogen-bond acceptors (Lipinski definition) is 3. The third-order valence-electron chi connectivity index (χ3n) is 3.43. The maximum absolute atomic E-state index is 9.03. The number of rotatable bonds is 2. The summed E-state index contributed by atoms with van der Waals surface area (Å²) in [7, 11) is 0. The van der Waals surface area contributed by atoms with Crippen LogP contribution in [0.4, 0.5) is 0 Å². The van der Waals surface area contributed by atoms with E-state index in [1.807, 2.05) is 18.2 Å². The van der Waals surface area contributed by atoms with Crippen LogP contribution in [0.3, 0.4) is 0 Å². The van der Waals surface area contributed by atoms with Crippen LogP contribution in [0.25, 0.3) is 22.4 Å². The van der Waals surface area contributed by atoms with Gasteiger partial charge in [0.2, 0.25) is 0 Å². The van der Waals surface area contributed by atoms with E-state index in [-0.39, 0.29) is 0 Å². The van der Waals surface area contributed by atoms with E-state index in [0.717, 1.165) is 16.9 Å². The average molecular weight is 281 g/mol. The molecule has 1 aromatic carbocycles. The zero-order chi connectivity index (χ0) is 14.3. The summed E-state index contributed by atoms with van der Waals surface area (Å²) in [4.78, 5) is 4.76. The SMILES string of the molecule is Cc1cscc1-c1nc2cc(C#N)ccc2n1C(C)C. The van der Waals surface area contributed by atoms with Crippen molar-refractivity contribution in [3.63, 3.8) is 0 Å². The molecule has 0 aliphatic heterocycles. The molecule has 0 saturated carbocycles. The lowest BCUT2D eigenvalue weighted by Crippen LogP contribution is -2.03. The molecule has 3 rings (SSSR count). The van der Waals surface area contributed by atoms with Crippen molar-refractivity contribution in [3.8, 4) is 17.5 Å². The van der Waals surface area contributed by atoms with Gasteiger partial charge >= 0.3 is 0 Å². The Balaban J connectivity index is 2.34. The molecule has 4 heteroatoms. The third kappa shape index (κ3) is 1.91. The molecule has 0 amide bonds. The van der Waals surface area contributed by atoms with Gasteiger partial charge in [-0.15, -0.1) is 0 Å². The molecular formula is C16H15N3S. The number of fused-ring (bicyclic) bond motifs is 1. The minimum absolute atomic E-state index is 0.322. The van der Waals surface area contributed by atoms with Crippen LogP contribution in [0.2, 0.25) is 0 Å². The van der Waals surface area contributed by atoms with Gasteiger partial charge in [0.05, 0.1) is 22.7 Å². The maximum atomic E-state index is 9.03. The minimum Gasteiger partial charge on any atom is -0.321 e. The number of nitrogens with zero attached hydrogens (tertiary/aromatic N) is 3. The molecule has 2 aromatic heterocycles. The molecule has 0 fully saturated rings. The number of hydrogen-bond donors (Lipinski definition) is 0. The van der Waals surface area contributed by atoms with Crippen LogP contribution >= 0.6 is 11.3 Å². The van der Waals surface area contributed by atoms with Crippen LogP contribution in [-0.2, 0) is 0 Å². The van der Waals surface area contributed by atoms with Crippen LogP contribution in [-0.4, -0.2) is 9.55 Å². The molecule has 0 spiro atoms. The standard InChI is InChI=1S/C16H15N3S/c1-10(2)19-15-5-4-12(7-17)6-14(15)18-16(19)13-9-20-8-11(13)3/h4-6,8-10H,1-3H3. The summed E-state index contributed by atoms with van der Waals surface area (Å²) < 4.78 is 2.24. The summed E-state index contributed by atoms with van der Waals surface area (Å²) in [5.74, 6) is 0.990. The second kappa shape index (κ2) is 4.77. The fourth-order valence-corrected chi connectivity index (χ4v) is 3.30. The Morgan fingerprint density at radius 1 is 1.30 bits per heavy atom. The molecule has 3 aromatic rings. The highest BCUT2D eigenvalue weighted by Gasteiger charge is 2.17. The van der Waals surface area contributed by atoms with E-state index in [0.29, 0.717) is 11.6 Å². The maximum Gasteiger partial charge on any atom is 0.142 e. The van der Waals surface area contributed by atoms with Crippen LogP contribution in [0.1, 0.15) is 31.0 Å². The quantitative estimate of drug-likeness (QED) is 0.692. The molecule has 2 heterocycles. The Morgan fingerprint density at radius 2 is 2.10 bits per heavy atom. The lowest BCUT2D eigenvalue weighted by molar-refractivity contribution is 0.624. The molecule has 0 aliphatic rings. The molecule has 0 atom stereocenters. The van der Waals surface area contributed by atoms with E-state index >= 15 is 0 Å². The van der Waals surface area contributed by atoms with Gasteiger partial charge in [0.1, 0.15) is 5.82 Å². The molecular weight excluding hydrogens is 266 g/mol. The van der Waals surface area contributed by atoms with Crippen LogP contribution in [0.5, 0.6) is 0 Å². The zero-order valence-electron chi connectivity index (χ0n) is 11.7. The third-order valence-corrected chi connectivity index (χ3v) is 4.29. The minimum atomic E-state index is 0.322. The van der Waals surface area contributed by atoms with Gasteiger partial charge in [-0.3, -0.25) is 0 Å². The summed E-state index contributed by atoms with van der Waals surface area (Å²) >= 11 is 1.69. The van der Waals surface area contributed by atoms with Crippen molar-refractivity contribution in [2.75, 3.05) is 0 Å². The lowest BCUT2D eigenvalue weighted by atomic mass is 10.2. The summed E-state index contributed by atoms with van der Waals surface area (Å²) in [6.45, 7) is 6.42. The summed E-state index contributed by atoms with van der Waals surface area (Å²) in [5, 5.41) is 13.3. The first-order valence-electron chi connectivity index (χ1n) is 6.57. The number of thiophene rings is 1. The van der Waals surface area contributed by atoms with E-state index in [4.69, 9.17) is 10.2 Å². The number of imidazole rings is 1. The van der Waals surface area contributed by atoms with E-state index in [1.165, 1.54) is 11.1 Å². The highest BCUT2D eigenvalue weighted by atomic mass is 32.1. The molecule has 100 valence electrons. The van der Waals surface area contributed by atoms with E-state index < -0.39 is 0 Å². The van der Waals surface area contributed by atoms with E-state index in [1.54, 1.807) is 11.3 Å². The second-order valence-electron chi connectivity index (χ2n) is 5.18. The molecule has 0 N–H and O–H groups in total. The highest BCUT2D eigenvalue weighted by molar-refractivity contribution is 7.08. The monoisotopic (exact) mass is 281 g/mol. The predicted molar refractivity (Wildman–Crippen MR) is 82.9 cm³/mol. The number of aromatic nitrogens is 2. The second-order valence-corrected chi connectivity index (χ2v) is 5.93. The van der Waals surface area contributed by atoms with Gasteiger partial charge in [0.25, 0.3) is 0 Å². The van der Waals surface area contributed by atoms with Gasteiger partial charge in [-0.2, -0.15) is 16.6 Å². The van der Waals surface area contributed by atoms with Gasteiger partial charge < -0.3 is 4.57 Å². The van der Waals surface area contributed by atoms with Crippen molar-refractivity contribution in [2.45, 2.75) is 26.8 Å². The first-order valence-corrected chi connectivity index (χ1v) is 7.51. The van der Waals surface area contributed by atoms with E-state index in [9.17, 15) is 0 Å². The van der Waals surface area contributed by atoms with Crippen LogP contribution in [0, 0.1) is 18.3 Å². The Hall–Kier alpha value is -2.12. The topological polar surface area (TPSA) is 41.6 Å². The van der Waals surface area contributed by atoms with Crippen molar-refractivity contribution in [1.29, 1.82) is 5.26 Å². The van der Waals surface area contributed by atoms with E-state index in [2.05, 4.69) is 42.2 Å². The first kappa shape index (κ1) is 12.9. The van der Waals surface area contributed by atoms with Crippen LogP contribution in [0.15, 0.2) is 29.0 Å². The Morgan fingerprint density at radius 3 is 2.70 bits per heavy atom. The Labute approximate surface area is 122 Å². The van der Waals surface area contributed by atoms with Crippen LogP contribution < -0.4 is 0 Å².